The quantitative estimate of drug-likeness (QED) is 0.782. The molecule has 2 rings (SSSR count). The molecule has 1 fully saturated rings. The van der Waals surface area contributed by atoms with Crippen LogP contribution < -0.4 is 0 Å². The third kappa shape index (κ3) is 3.94. The minimum absolute atomic E-state index is 0.0345. The Morgan fingerprint density at radius 1 is 1.35 bits per heavy atom. The summed E-state index contributed by atoms with van der Waals surface area (Å²) in [7, 11) is -3.44. The molecule has 1 saturated heterocycles. The van der Waals surface area contributed by atoms with E-state index in [4.69, 9.17) is 9.47 Å². The van der Waals surface area contributed by atoms with Gasteiger partial charge in [-0.25, -0.2) is 8.42 Å². The van der Waals surface area contributed by atoms with Gasteiger partial charge in [-0.2, -0.15) is 13.2 Å². The minimum atomic E-state index is -4.57. The molecule has 1 aromatic rings. The van der Waals surface area contributed by atoms with E-state index in [1.807, 2.05) is 0 Å². The number of ether oxygens (including phenoxy) is 2. The molecule has 1 aliphatic rings. The molecule has 0 saturated carbocycles. The molecule has 1 heterocycles. The topological polar surface area (TPSA) is 55.9 Å². The molecule has 0 aromatic heterocycles. The van der Waals surface area contributed by atoms with E-state index in [9.17, 15) is 21.6 Å². The monoisotopic (exact) mass is 310 g/mol. The van der Waals surface area contributed by atoms with Gasteiger partial charge in [0.25, 0.3) is 0 Å². The maximum Gasteiger partial charge on any atom is 0.418 e. The summed E-state index contributed by atoms with van der Waals surface area (Å²) in [5, 5.41) is 0. The SMILES string of the molecule is CS(=O)(=O)c1ccc([C@@H](OC[C@H]2CO2)C(F)(F)F)cc1. The van der Waals surface area contributed by atoms with Crippen LogP contribution in [-0.4, -0.2) is 40.2 Å². The van der Waals surface area contributed by atoms with Crippen molar-refractivity contribution in [3.63, 3.8) is 0 Å². The number of sulfone groups is 1. The highest BCUT2D eigenvalue weighted by Gasteiger charge is 2.43. The van der Waals surface area contributed by atoms with Gasteiger partial charge in [-0.3, -0.25) is 0 Å². The highest BCUT2D eigenvalue weighted by Crippen LogP contribution is 2.36. The van der Waals surface area contributed by atoms with E-state index in [0.29, 0.717) is 6.61 Å². The van der Waals surface area contributed by atoms with E-state index in [0.717, 1.165) is 30.5 Å². The van der Waals surface area contributed by atoms with Gasteiger partial charge in [0, 0.05) is 6.26 Å². The maximum atomic E-state index is 12.9. The predicted octanol–water partition coefficient (Wildman–Crippen LogP) is 2.11. The smallest absolute Gasteiger partial charge is 0.371 e. The summed E-state index contributed by atoms with van der Waals surface area (Å²) >= 11 is 0. The summed E-state index contributed by atoms with van der Waals surface area (Å²) in [5.41, 5.74) is -0.134. The Balaban J connectivity index is 2.19. The van der Waals surface area contributed by atoms with Gasteiger partial charge in [0.2, 0.25) is 0 Å². The number of hydrogen-bond donors (Lipinski definition) is 0. The highest BCUT2D eigenvalue weighted by atomic mass is 32.2. The fraction of sp³-hybridized carbons (Fsp3) is 0.500. The number of rotatable bonds is 5. The molecular weight excluding hydrogens is 297 g/mol. The summed E-state index contributed by atoms with van der Waals surface area (Å²) in [4.78, 5) is -0.0345. The Morgan fingerprint density at radius 2 is 1.90 bits per heavy atom. The predicted molar refractivity (Wildman–Crippen MR) is 64.0 cm³/mol. The van der Waals surface area contributed by atoms with Crippen molar-refractivity contribution in [2.75, 3.05) is 19.5 Å². The number of halogens is 3. The molecule has 0 spiro atoms. The van der Waals surface area contributed by atoms with Crippen LogP contribution in [0.25, 0.3) is 0 Å². The molecule has 112 valence electrons. The van der Waals surface area contributed by atoms with Crippen molar-refractivity contribution in [3.05, 3.63) is 29.8 Å². The van der Waals surface area contributed by atoms with Gasteiger partial charge < -0.3 is 9.47 Å². The van der Waals surface area contributed by atoms with Crippen LogP contribution in [0.5, 0.6) is 0 Å². The number of epoxide rings is 1. The molecule has 0 N–H and O–H groups in total. The zero-order valence-electron chi connectivity index (χ0n) is 10.6. The largest absolute Gasteiger partial charge is 0.418 e. The zero-order valence-corrected chi connectivity index (χ0v) is 11.4. The summed E-state index contributed by atoms with van der Waals surface area (Å²) in [6.07, 6.45) is -5.94. The minimum Gasteiger partial charge on any atom is -0.371 e. The average molecular weight is 310 g/mol. The molecule has 1 aromatic carbocycles. The van der Waals surface area contributed by atoms with E-state index >= 15 is 0 Å². The van der Waals surface area contributed by atoms with Crippen molar-refractivity contribution < 1.29 is 31.1 Å². The van der Waals surface area contributed by atoms with Crippen LogP contribution in [0, 0.1) is 0 Å². The van der Waals surface area contributed by atoms with E-state index in [1.165, 1.54) is 0 Å². The summed E-state index contributed by atoms with van der Waals surface area (Å²) in [5.74, 6) is 0. The van der Waals surface area contributed by atoms with Crippen LogP contribution in [0.15, 0.2) is 29.2 Å². The number of hydrogen-bond acceptors (Lipinski definition) is 4. The zero-order chi connectivity index (χ0) is 15.0. The standard InChI is InChI=1S/C12H13F3O4S/c1-20(16,17)10-4-2-8(3-5-10)11(12(13,14)15)19-7-9-6-18-9/h2-5,9,11H,6-7H2,1H3/t9-,11-/m1/s1. The molecule has 1 aliphatic heterocycles. The first-order chi connectivity index (χ1) is 9.18. The molecule has 0 radical (unpaired) electrons. The summed E-state index contributed by atoms with van der Waals surface area (Å²) in [6.45, 7) is 0.260. The summed E-state index contributed by atoms with van der Waals surface area (Å²) in [6, 6.07) is 4.51. The molecule has 0 amide bonds. The second kappa shape index (κ2) is 5.34. The van der Waals surface area contributed by atoms with Gasteiger partial charge in [0.1, 0.15) is 6.10 Å². The molecule has 2 atom stereocenters. The second-order valence-electron chi connectivity index (χ2n) is 4.55. The lowest BCUT2D eigenvalue weighted by Crippen LogP contribution is -2.25. The van der Waals surface area contributed by atoms with Gasteiger partial charge in [-0.1, -0.05) is 12.1 Å². The van der Waals surface area contributed by atoms with Gasteiger partial charge in [-0.05, 0) is 17.7 Å². The van der Waals surface area contributed by atoms with Gasteiger partial charge in [0.05, 0.1) is 18.1 Å². The third-order valence-electron chi connectivity index (χ3n) is 2.76. The van der Waals surface area contributed by atoms with Crippen LogP contribution in [0.3, 0.4) is 0 Å². The first-order valence-corrected chi connectivity index (χ1v) is 7.67. The van der Waals surface area contributed by atoms with Crippen LogP contribution in [0.1, 0.15) is 11.7 Å². The van der Waals surface area contributed by atoms with E-state index in [1.54, 1.807) is 0 Å². The second-order valence-corrected chi connectivity index (χ2v) is 6.57. The average Bonchev–Trinajstić information content (AvgIpc) is 3.11. The molecule has 8 heteroatoms. The van der Waals surface area contributed by atoms with E-state index in [-0.39, 0.29) is 23.2 Å². The molecule has 0 aliphatic carbocycles. The van der Waals surface area contributed by atoms with Crippen LogP contribution in [-0.2, 0) is 19.3 Å². The molecule has 0 bridgehead atoms. The lowest BCUT2D eigenvalue weighted by atomic mass is 10.1. The Labute approximate surface area is 114 Å². The lowest BCUT2D eigenvalue weighted by molar-refractivity contribution is -0.224. The molecular formula is C12H13F3O4S. The van der Waals surface area contributed by atoms with Gasteiger partial charge in [-0.15, -0.1) is 0 Å². The number of benzene rings is 1. The first-order valence-electron chi connectivity index (χ1n) is 5.78. The van der Waals surface area contributed by atoms with Crippen LogP contribution >= 0.6 is 0 Å². The Bertz CT molecular complexity index is 561. The van der Waals surface area contributed by atoms with Crippen LogP contribution in [0.2, 0.25) is 0 Å². The summed E-state index contributed by atoms with van der Waals surface area (Å²) < 4.78 is 71.0. The Morgan fingerprint density at radius 3 is 2.30 bits per heavy atom. The van der Waals surface area contributed by atoms with Crippen molar-refractivity contribution in [2.24, 2.45) is 0 Å². The van der Waals surface area contributed by atoms with Crippen molar-refractivity contribution >= 4 is 9.84 Å². The van der Waals surface area contributed by atoms with Gasteiger partial charge >= 0.3 is 6.18 Å². The van der Waals surface area contributed by atoms with Crippen molar-refractivity contribution in [1.82, 2.24) is 0 Å². The fourth-order valence-corrected chi connectivity index (χ4v) is 2.27. The fourth-order valence-electron chi connectivity index (χ4n) is 1.64. The maximum absolute atomic E-state index is 12.9. The first kappa shape index (κ1) is 15.3. The molecule has 0 unspecified atom stereocenters. The van der Waals surface area contributed by atoms with Crippen molar-refractivity contribution in [2.45, 2.75) is 23.3 Å². The Hall–Kier alpha value is -1.12. The normalized spacial score (nSPS) is 20.7. The molecule has 20 heavy (non-hydrogen) atoms. The number of alkyl halides is 3. The van der Waals surface area contributed by atoms with Crippen molar-refractivity contribution in [3.8, 4) is 0 Å². The third-order valence-corrected chi connectivity index (χ3v) is 3.89. The lowest BCUT2D eigenvalue weighted by Gasteiger charge is -2.21. The Kier molecular flexibility index (Phi) is 4.08. The van der Waals surface area contributed by atoms with Gasteiger partial charge in [0.15, 0.2) is 15.9 Å². The van der Waals surface area contributed by atoms with E-state index < -0.39 is 22.1 Å². The van der Waals surface area contributed by atoms with Crippen LogP contribution in [0.4, 0.5) is 13.2 Å². The van der Waals surface area contributed by atoms with E-state index in [2.05, 4.69) is 0 Å². The highest BCUT2D eigenvalue weighted by molar-refractivity contribution is 7.90. The molecule has 4 nitrogen and oxygen atoms in total. The van der Waals surface area contributed by atoms with Crippen molar-refractivity contribution in [1.29, 1.82) is 0 Å².